The minimum atomic E-state index is -2.53. The number of halogens is 1. The molecule has 2 aliphatic carbocycles. The molecule has 1 amide bonds. The number of amides is 1. The molecule has 29 heavy (non-hydrogen) atoms. The average molecular weight is 434 g/mol. The fraction of sp³-hybridized carbons (Fsp3) is 0.429. The number of rotatable bonds is 3. The van der Waals surface area contributed by atoms with Crippen LogP contribution in [0.1, 0.15) is 52.6 Å². The Morgan fingerprint density at radius 1 is 1.17 bits per heavy atom. The lowest BCUT2D eigenvalue weighted by Crippen LogP contribution is -2.42. The number of fused-ring (bicyclic) bond motifs is 5. The van der Waals surface area contributed by atoms with Gasteiger partial charge in [0.15, 0.2) is 0 Å². The van der Waals surface area contributed by atoms with Crippen LogP contribution in [0, 0.1) is 0 Å². The minimum absolute atomic E-state index is 0.0366. The quantitative estimate of drug-likeness (QED) is 0.630. The molecule has 154 valence electrons. The normalized spacial score (nSPS) is 25.6. The van der Waals surface area contributed by atoms with Crippen LogP contribution in [0.4, 0.5) is 11.5 Å². The van der Waals surface area contributed by atoms with Gasteiger partial charge in [0.05, 0.1) is 17.1 Å². The van der Waals surface area contributed by atoms with Gasteiger partial charge in [0.2, 0.25) is 0 Å². The number of carbonyl (C=O) groups is 1. The van der Waals surface area contributed by atoms with Gasteiger partial charge < -0.3 is 10.2 Å². The van der Waals surface area contributed by atoms with Crippen LogP contribution in [0.25, 0.3) is 0 Å². The van der Waals surface area contributed by atoms with Gasteiger partial charge in [-0.05, 0) is 54.9 Å². The number of nitrogens with one attached hydrogen (secondary N) is 1. The van der Waals surface area contributed by atoms with E-state index in [0.717, 1.165) is 36.3 Å². The average Bonchev–Trinajstić information content (AvgIpc) is 3.30. The van der Waals surface area contributed by atoms with Crippen LogP contribution in [-0.4, -0.2) is 49.5 Å². The van der Waals surface area contributed by atoms with Gasteiger partial charge in [-0.25, -0.2) is 4.98 Å². The van der Waals surface area contributed by atoms with E-state index >= 15 is 0 Å². The summed E-state index contributed by atoms with van der Waals surface area (Å²) < 4.78 is 19.7. The number of pyridine rings is 1. The Morgan fingerprint density at radius 2 is 1.90 bits per heavy atom. The Balaban J connectivity index is 1.48. The lowest BCUT2D eigenvalue weighted by atomic mass is 9.88. The SMILES string of the molecule is O=C(c1cnc(Nc2cccc(Cl)c2)c2c1C1CCC2C1)N1CCS(O)(O)CC1. The molecule has 2 aromatic rings. The Labute approximate surface area is 176 Å². The molecular weight excluding hydrogens is 410 g/mol. The van der Waals surface area contributed by atoms with Gasteiger partial charge in [0.1, 0.15) is 5.82 Å². The second kappa shape index (κ2) is 7.16. The molecule has 2 atom stereocenters. The van der Waals surface area contributed by atoms with Gasteiger partial charge in [-0.15, -0.1) is 0 Å². The predicted octanol–water partition coefficient (Wildman–Crippen LogP) is 5.05. The molecular formula is C21H24ClN3O3S. The second-order valence-electron chi connectivity index (χ2n) is 8.19. The zero-order valence-electron chi connectivity index (χ0n) is 16.0. The monoisotopic (exact) mass is 433 g/mol. The van der Waals surface area contributed by atoms with Crippen molar-refractivity contribution in [2.75, 3.05) is 29.9 Å². The maximum absolute atomic E-state index is 13.3. The summed E-state index contributed by atoms with van der Waals surface area (Å²) in [7, 11) is -2.53. The molecule has 6 nitrogen and oxygen atoms in total. The molecule has 1 saturated carbocycles. The molecule has 1 aromatic carbocycles. The van der Waals surface area contributed by atoms with Crippen LogP contribution in [0.15, 0.2) is 30.5 Å². The van der Waals surface area contributed by atoms with E-state index < -0.39 is 10.6 Å². The van der Waals surface area contributed by atoms with E-state index in [1.54, 1.807) is 11.1 Å². The smallest absolute Gasteiger partial charge is 0.255 e. The number of anilines is 2. The van der Waals surface area contributed by atoms with Crippen molar-refractivity contribution in [3.05, 3.63) is 52.2 Å². The number of hydrogen-bond acceptors (Lipinski definition) is 5. The van der Waals surface area contributed by atoms with E-state index in [0.29, 0.717) is 35.5 Å². The van der Waals surface area contributed by atoms with E-state index in [2.05, 4.69) is 10.3 Å². The summed E-state index contributed by atoms with van der Waals surface area (Å²) in [6.07, 6.45) is 5.01. The maximum Gasteiger partial charge on any atom is 0.255 e. The summed E-state index contributed by atoms with van der Waals surface area (Å²) in [6.45, 7) is 0.763. The zero-order chi connectivity index (χ0) is 20.2. The van der Waals surface area contributed by atoms with Crippen LogP contribution in [0.2, 0.25) is 5.02 Å². The summed E-state index contributed by atoms with van der Waals surface area (Å²) in [4.78, 5) is 19.6. The fourth-order valence-corrected chi connectivity index (χ4v) is 6.39. The zero-order valence-corrected chi connectivity index (χ0v) is 17.5. The molecule has 5 rings (SSSR count). The number of benzene rings is 1. The summed E-state index contributed by atoms with van der Waals surface area (Å²) in [5, 5.41) is 4.07. The molecule has 1 aromatic heterocycles. The predicted molar refractivity (Wildman–Crippen MR) is 117 cm³/mol. The van der Waals surface area contributed by atoms with Crippen molar-refractivity contribution in [1.29, 1.82) is 0 Å². The standard InChI is InChI=1S/C21H24ClN3O3S/c22-15-2-1-3-16(11-15)24-20-19-14-5-4-13(10-14)18(19)17(12-23-20)21(26)25-6-8-29(27,28)9-7-25/h1-3,11-14,27-28H,4-10H2,(H,23,24). The lowest BCUT2D eigenvalue weighted by molar-refractivity contribution is 0.0766. The Bertz CT molecular complexity index is 974. The first-order chi connectivity index (χ1) is 13.9. The van der Waals surface area contributed by atoms with Crippen molar-refractivity contribution in [3.8, 4) is 0 Å². The first-order valence-electron chi connectivity index (χ1n) is 9.99. The van der Waals surface area contributed by atoms with Crippen LogP contribution in [0.3, 0.4) is 0 Å². The van der Waals surface area contributed by atoms with Crippen LogP contribution >= 0.6 is 22.2 Å². The highest BCUT2D eigenvalue weighted by atomic mass is 35.5. The summed E-state index contributed by atoms with van der Waals surface area (Å²) in [5.74, 6) is 2.14. The van der Waals surface area contributed by atoms with Crippen molar-refractivity contribution < 1.29 is 13.9 Å². The Hall–Kier alpha value is -1.80. The highest BCUT2D eigenvalue weighted by Crippen LogP contribution is 2.56. The van der Waals surface area contributed by atoms with Gasteiger partial charge in [-0.3, -0.25) is 13.9 Å². The van der Waals surface area contributed by atoms with E-state index in [1.807, 2.05) is 24.3 Å². The van der Waals surface area contributed by atoms with Gasteiger partial charge >= 0.3 is 0 Å². The molecule has 2 unspecified atom stereocenters. The van der Waals surface area contributed by atoms with Crippen LogP contribution in [0.5, 0.6) is 0 Å². The molecule has 3 aliphatic rings. The number of aromatic nitrogens is 1. The number of hydrogen-bond donors (Lipinski definition) is 3. The van der Waals surface area contributed by atoms with Crippen molar-refractivity contribution in [2.45, 2.75) is 31.1 Å². The third-order valence-electron chi connectivity index (χ3n) is 6.39. The largest absolute Gasteiger partial charge is 0.340 e. The molecule has 3 N–H and O–H groups in total. The number of carbonyl (C=O) groups excluding carboxylic acids is 1. The molecule has 2 bridgehead atoms. The number of nitrogens with zero attached hydrogens (tertiary/aromatic N) is 2. The lowest BCUT2D eigenvalue weighted by Gasteiger charge is -2.41. The first-order valence-corrected chi connectivity index (χ1v) is 12.3. The molecule has 1 saturated heterocycles. The van der Waals surface area contributed by atoms with Gasteiger partial charge in [0, 0.05) is 35.6 Å². The van der Waals surface area contributed by atoms with Gasteiger partial charge in [0.25, 0.3) is 5.91 Å². The van der Waals surface area contributed by atoms with Gasteiger partial charge in [-0.2, -0.15) is 10.6 Å². The van der Waals surface area contributed by atoms with Crippen molar-refractivity contribution >= 4 is 39.6 Å². The fourth-order valence-electron chi connectivity index (χ4n) is 4.97. The maximum atomic E-state index is 13.3. The summed E-state index contributed by atoms with van der Waals surface area (Å²) in [6, 6.07) is 7.56. The van der Waals surface area contributed by atoms with E-state index in [-0.39, 0.29) is 17.4 Å². The molecule has 0 spiro atoms. The molecule has 2 heterocycles. The topological polar surface area (TPSA) is 85.7 Å². The molecule has 2 fully saturated rings. The Morgan fingerprint density at radius 3 is 2.62 bits per heavy atom. The van der Waals surface area contributed by atoms with E-state index in [9.17, 15) is 13.9 Å². The molecule has 1 aliphatic heterocycles. The van der Waals surface area contributed by atoms with Gasteiger partial charge in [-0.1, -0.05) is 17.7 Å². The second-order valence-corrected chi connectivity index (χ2v) is 11.0. The van der Waals surface area contributed by atoms with E-state index in [4.69, 9.17) is 11.6 Å². The van der Waals surface area contributed by atoms with Crippen LogP contribution in [-0.2, 0) is 0 Å². The van der Waals surface area contributed by atoms with Crippen molar-refractivity contribution in [1.82, 2.24) is 9.88 Å². The minimum Gasteiger partial charge on any atom is -0.340 e. The molecule has 8 heteroatoms. The summed E-state index contributed by atoms with van der Waals surface area (Å²) in [5.41, 5.74) is 3.88. The van der Waals surface area contributed by atoms with Crippen LogP contribution < -0.4 is 5.32 Å². The third-order valence-corrected chi connectivity index (χ3v) is 8.30. The molecule has 0 radical (unpaired) electrons. The van der Waals surface area contributed by atoms with Crippen molar-refractivity contribution in [3.63, 3.8) is 0 Å². The van der Waals surface area contributed by atoms with Crippen molar-refractivity contribution in [2.24, 2.45) is 0 Å². The third kappa shape index (κ3) is 3.50. The summed E-state index contributed by atoms with van der Waals surface area (Å²) >= 11 is 6.12. The van der Waals surface area contributed by atoms with E-state index in [1.165, 1.54) is 5.56 Å². The first kappa shape index (κ1) is 19.2. The highest BCUT2D eigenvalue weighted by molar-refractivity contribution is 8.24. The highest BCUT2D eigenvalue weighted by Gasteiger charge is 2.42. The Kier molecular flexibility index (Phi) is 4.74.